The summed E-state index contributed by atoms with van der Waals surface area (Å²) in [5, 5.41) is 11.1. The van der Waals surface area contributed by atoms with E-state index in [1.54, 1.807) is 18.3 Å². The van der Waals surface area contributed by atoms with Crippen molar-refractivity contribution in [2.24, 2.45) is 5.16 Å². The standard InChI is InChI=1S/C10H12N2O4/c1-15-10(13)7-16-9-3-2-8(6-11-9)4-5-12-14/h2-3,5-6,14H,4,7H2,1H3. The number of carbonyl (C=O) groups is 1. The van der Waals surface area contributed by atoms with Gasteiger partial charge in [0.05, 0.1) is 7.11 Å². The summed E-state index contributed by atoms with van der Waals surface area (Å²) in [5.41, 5.74) is 0.878. The lowest BCUT2D eigenvalue weighted by Crippen LogP contribution is -2.13. The maximum atomic E-state index is 10.8. The summed E-state index contributed by atoms with van der Waals surface area (Å²) in [6, 6.07) is 3.39. The van der Waals surface area contributed by atoms with Crippen molar-refractivity contribution in [3.8, 4) is 5.88 Å². The molecule has 86 valence electrons. The zero-order chi connectivity index (χ0) is 11.8. The summed E-state index contributed by atoms with van der Waals surface area (Å²) in [5.74, 6) is -0.117. The molecule has 0 spiro atoms. The highest BCUT2D eigenvalue weighted by Gasteiger charge is 2.02. The highest BCUT2D eigenvalue weighted by atomic mass is 16.6. The third-order valence-electron chi connectivity index (χ3n) is 1.77. The van der Waals surface area contributed by atoms with E-state index in [-0.39, 0.29) is 6.61 Å². The molecular weight excluding hydrogens is 212 g/mol. The predicted octanol–water partition coefficient (Wildman–Crippen LogP) is 0.636. The van der Waals surface area contributed by atoms with Gasteiger partial charge in [0.25, 0.3) is 0 Å². The van der Waals surface area contributed by atoms with Crippen LogP contribution in [0, 0.1) is 0 Å². The fourth-order valence-electron chi connectivity index (χ4n) is 0.955. The molecule has 0 unspecified atom stereocenters. The summed E-state index contributed by atoms with van der Waals surface area (Å²) in [6.07, 6.45) is 3.42. The maximum Gasteiger partial charge on any atom is 0.343 e. The molecule has 1 N–H and O–H groups in total. The van der Waals surface area contributed by atoms with E-state index in [4.69, 9.17) is 9.94 Å². The molecule has 0 aromatic carbocycles. The number of hydrogen-bond acceptors (Lipinski definition) is 6. The van der Waals surface area contributed by atoms with Crippen LogP contribution < -0.4 is 4.74 Å². The first-order chi connectivity index (χ1) is 7.76. The third kappa shape index (κ3) is 3.95. The number of aromatic nitrogens is 1. The second-order valence-electron chi connectivity index (χ2n) is 2.87. The van der Waals surface area contributed by atoms with Crippen LogP contribution in [0.3, 0.4) is 0 Å². The molecule has 6 nitrogen and oxygen atoms in total. The topological polar surface area (TPSA) is 81.0 Å². The second kappa shape index (κ2) is 6.39. The van der Waals surface area contributed by atoms with Gasteiger partial charge in [0.15, 0.2) is 6.61 Å². The SMILES string of the molecule is COC(=O)COc1ccc(CC=NO)cn1. The third-order valence-corrected chi connectivity index (χ3v) is 1.77. The fourth-order valence-corrected chi connectivity index (χ4v) is 0.955. The van der Waals surface area contributed by atoms with Crippen molar-refractivity contribution in [1.29, 1.82) is 0 Å². The molecule has 0 bridgehead atoms. The molecule has 1 aromatic heterocycles. The Bertz CT molecular complexity index is 362. The predicted molar refractivity (Wildman–Crippen MR) is 55.7 cm³/mol. The van der Waals surface area contributed by atoms with Gasteiger partial charge in [-0.2, -0.15) is 0 Å². The first-order valence-electron chi connectivity index (χ1n) is 4.56. The highest BCUT2D eigenvalue weighted by Crippen LogP contribution is 2.07. The summed E-state index contributed by atoms with van der Waals surface area (Å²) in [7, 11) is 1.29. The normalized spacial score (nSPS) is 10.3. The van der Waals surface area contributed by atoms with Crippen molar-refractivity contribution in [1.82, 2.24) is 4.98 Å². The van der Waals surface area contributed by atoms with E-state index in [2.05, 4.69) is 14.9 Å². The summed E-state index contributed by atoms with van der Waals surface area (Å²) in [6.45, 7) is -0.166. The molecule has 0 aliphatic carbocycles. The van der Waals surface area contributed by atoms with Gasteiger partial charge in [-0.3, -0.25) is 0 Å². The first-order valence-corrected chi connectivity index (χ1v) is 4.56. The van der Waals surface area contributed by atoms with Gasteiger partial charge < -0.3 is 14.7 Å². The van der Waals surface area contributed by atoms with Crippen LogP contribution in [-0.2, 0) is 16.0 Å². The number of hydrogen-bond donors (Lipinski definition) is 1. The van der Waals surface area contributed by atoms with Crippen LogP contribution in [-0.4, -0.2) is 36.1 Å². The molecule has 0 aliphatic heterocycles. The Morgan fingerprint density at radius 1 is 1.62 bits per heavy atom. The van der Waals surface area contributed by atoms with Gasteiger partial charge in [0.2, 0.25) is 5.88 Å². The zero-order valence-corrected chi connectivity index (χ0v) is 8.79. The Hall–Kier alpha value is -2.11. The quantitative estimate of drug-likeness (QED) is 0.343. The van der Waals surface area contributed by atoms with E-state index < -0.39 is 5.97 Å². The Labute approximate surface area is 92.5 Å². The molecule has 1 heterocycles. The molecule has 0 amide bonds. The summed E-state index contributed by atoms with van der Waals surface area (Å²) >= 11 is 0. The van der Waals surface area contributed by atoms with Crippen LogP contribution in [0.15, 0.2) is 23.5 Å². The van der Waals surface area contributed by atoms with Crippen LogP contribution in [0.25, 0.3) is 0 Å². The van der Waals surface area contributed by atoms with E-state index in [1.165, 1.54) is 13.3 Å². The lowest BCUT2D eigenvalue weighted by Gasteiger charge is -2.03. The lowest BCUT2D eigenvalue weighted by molar-refractivity contribution is -0.143. The minimum absolute atomic E-state index is 0.166. The Morgan fingerprint density at radius 2 is 2.44 bits per heavy atom. The number of rotatable bonds is 5. The van der Waals surface area contributed by atoms with Gasteiger partial charge in [0, 0.05) is 24.9 Å². The largest absolute Gasteiger partial charge is 0.466 e. The molecule has 0 aliphatic rings. The Morgan fingerprint density at radius 3 is 3.00 bits per heavy atom. The van der Waals surface area contributed by atoms with E-state index in [0.717, 1.165) is 5.56 Å². The number of esters is 1. The maximum absolute atomic E-state index is 10.8. The molecule has 16 heavy (non-hydrogen) atoms. The monoisotopic (exact) mass is 224 g/mol. The van der Waals surface area contributed by atoms with Gasteiger partial charge in [0.1, 0.15) is 0 Å². The van der Waals surface area contributed by atoms with E-state index in [1.807, 2.05) is 0 Å². The zero-order valence-electron chi connectivity index (χ0n) is 8.79. The minimum Gasteiger partial charge on any atom is -0.466 e. The molecule has 1 aromatic rings. The second-order valence-corrected chi connectivity index (χ2v) is 2.87. The van der Waals surface area contributed by atoms with E-state index >= 15 is 0 Å². The van der Waals surface area contributed by atoms with Gasteiger partial charge in [-0.1, -0.05) is 6.07 Å². The fraction of sp³-hybridized carbons (Fsp3) is 0.300. The van der Waals surface area contributed by atoms with Crippen LogP contribution in [0.5, 0.6) is 5.88 Å². The van der Waals surface area contributed by atoms with Gasteiger partial charge in [-0.15, -0.1) is 5.16 Å². The van der Waals surface area contributed by atoms with Crippen molar-refractivity contribution < 1.29 is 19.5 Å². The number of ether oxygens (including phenoxy) is 2. The Balaban J connectivity index is 2.48. The highest BCUT2D eigenvalue weighted by molar-refractivity contribution is 5.70. The summed E-state index contributed by atoms with van der Waals surface area (Å²) < 4.78 is 9.46. The molecule has 0 atom stereocenters. The minimum atomic E-state index is -0.460. The molecule has 6 heteroatoms. The smallest absolute Gasteiger partial charge is 0.343 e. The van der Waals surface area contributed by atoms with E-state index in [0.29, 0.717) is 12.3 Å². The average Bonchev–Trinajstić information content (AvgIpc) is 2.34. The van der Waals surface area contributed by atoms with Crippen molar-refractivity contribution in [2.45, 2.75) is 6.42 Å². The molecule has 1 rings (SSSR count). The molecule has 0 fully saturated rings. The molecule has 0 radical (unpaired) electrons. The number of pyridine rings is 1. The molecular formula is C10H12N2O4. The molecule has 0 saturated heterocycles. The van der Waals surface area contributed by atoms with Crippen molar-refractivity contribution in [3.05, 3.63) is 23.9 Å². The Kier molecular flexibility index (Phi) is 4.78. The van der Waals surface area contributed by atoms with Gasteiger partial charge in [-0.05, 0) is 5.56 Å². The van der Waals surface area contributed by atoms with Crippen LogP contribution >= 0.6 is 0 Å². The van der Waals surface area contributed by atoms with Crippen LogP contribution in [0.2, 0.25) is 0 Å². The van der Waals surface area contributed by atoms with E-state index in [9.17, 15) is 4.79 Å². The lowest BCUT2D eigenvalue weighted by atomic mass is 10.2. The van der Waals surface area contributed by atoms with Crippen molar-refractivity contribution >= 4 is 12.2 Å². The van der Waals surface area contributed by atoms with Gasteiger partial charge in [-0.25, -0.2) is 9.78 Å². The van der Waals surface area contributed by atoms with Crippen molar-refractivity contribution in [2.75, 3.05) is 13.7 Å². The van der Waals surface area contributed by atoms with Crippen LogP contribution in [0.4, 0.5) is 0 Å². The van der Waals surface area contributed by atoms with Gasteiger partial charge >= 0.3 is 5.97 Å². The number of nitrogens with zero attached hydrogens (tertiary/aromatic N) is 2. The number of oxime groups is 1. The number of methoxy groups -OCH3 is 1. The average molecular weight is 224 g/mol. The first kappa shape index (κ1) is 12.0. The van der Waals surface area contributed by atoms with Crippen LogP contribution in [0.1, 0.15) is 5.56 Å². The van der Waals surface area contributed by atoms with Crippen molar-refractivity contribution in [3.63, 3.8) is 0 Å². The summed E-state index contributed by atoms with van der Waals surface area (Å²) in [4.78, 5) is 14.7. The molecule has 0 saturated carbocycles. The number of carbonyl (C=O) groups excluding carboxylic acids is 1.